The number of aromatic nitrogens is 4. The number of para-hydroxylation sites is 1. The number of guanidine groups is 1. The molecule has 0 amide bonds. The van der Waals surface area contributed by atoms with Gasteiger partial charge in [-0.3, -0.25) is 9.38 Å². The molecule has 0 fully saturated rings. The zero-order chi connectivity index (χ0) is 18.5. The molecule has 0 bridgehead atoms. The lowest BCUT2D eigenvalue weighted by molar-refractivity contribution is 0.765. The van der Waals surface area contributed by atoms with Crippen LogP contribution in [0.5, 0.6) is 0 Å². The van der Waals surface area contributed by atoms with E-state index in [-0.39, 0.29) is 0 Å². The van der Waals surface area contributed by atoms with Gasteiger partial charge >= 0.3 is 0 Å². The van der Waals surface area contributed by atoms with E-state index in [1.54, 1.807) is 0 Å². The number of hydrogen-bond acceptors (Lipinski definition) is 4. The lowest BCUT2D eigenvalue weighted by Gasteiger charge is -2.11. The second-order valence-corrected chi connectivity index (χ2v) is 6.09. The van der Waals surface area contributed by atoms with Crippen LogP contribution in [0.15, 0.2) is 65.9 Å². The Bertz CT molecular complexity index is 1080. The van der Waals surface area contributed by atoms with Crippen LogP contribution in [0.4, 0.5) is 0 Å². The fraction of sp³-hybridized carbons (Fsp3) is 0.200. The standard InChI is InChI=1S/C20H21N7/c1-2-21-20(24-14-18-26-25-17-10-3-4-12-27(17)18)23-13-16-8-5-7-15-9-6-11-22-19(15)16/h3-12H,2,13-14H2,1H3,(H2,21,23,24). The predicted molar refractivity (Wildman–Crippen MR) is 106 cm³/mol. The minimum absolute atomic E-state index is 0.533. The van der Waals surface area contributed by atoms with Gasteiger partial charge in [-0.2, -0.15) is 0 Å². The lowest BCUT2D eigenvalue weighted by atomic mass is 10.1. The van der Waals surface area contributed by atoms with E-state index in [9.17, 15) is 0 Å². The van der Waals surface area contributed by atoms with Gasteiger partial charge < -0.3 is 10.6 Å². The van der Waals surface area contributed by atoms with E-state index < -0.39 is 0 Å². The lowest BCUT2D eigenvalue weighted by Crippen LogP contribution is -2.37. The van der Waals surface area contributed by atoms with E-state index >= 15 is 0 Å². The van der Waals surface area contributed by atoms with Gasteiger partial charge in [0.1, 0.15) is 0 Å². The smallest absolute Gasteiger partial charge is 0.191 e. The monoisotopic (exact) mass is 359 g/mol. The molecule has 3 heterocycles. The van der Waals surface area contributed by atoms with Crippen molar-refractivity contribution in [3.63, 3.8) is 0 Å². The minimum Gasteiger partial charge on any atom is -0.357 e. The van der Waals surface area contributed by atoms with Crippen molar-refractivity contribution in [3.8, 4) is 0 Å². The first kappa shape index (κ1) is 17.0. The summed E-state index contributed by atoms with van der Waals surface area (Å²) in [6.07, 6.45) is 3.77. The number of rotatable bonds is 5. The molecule has 7 heteroatoms. The second-order valence-electron chi connectivity index (χ2n) is 6.09. The third-order valence-electron chi connectivity index (χ3n) is 4.27. The average Bonchev–Trinajstić information content (AvgIpc) is 3.13. The van der Waals surface area contributed by atoms with Crippen LogP contribution >= 0.6 is 0 Å². The van der Waals surface area contributed by atoms with E-state index in [0.29, 0.717) is 13.1 Å². The highest BCUT2D eigenvalue weighted by molar-refractivity contribution is 5.83. The van der Waals surface area contributed by atoms with Gasteiger partial charge in [0.05, 0.1) is 18.6 Å². The van der Waals surface area contributed by atoms with Gasteiger partial charge in [0, 0.05) is 24.3 Å². The van der Waals surface area contributed by atoms with Gasteiger partial charge in [0.15, 0.2) is 17.4 Å². The van der Waals surface area contributed by atoms with Crippen LogP contribution < -0.4 is 10.6 Å². The molecule has 0 aliphatic carbocycles. The van der Waals surface area contributed by atoms with Crippen molar-refractivity contribution in [1.29, 1.82) is 0 Å². The Labute approximate surface area is 157 Å². The van der Waals surface area contributed by atoms with Crippen LogP contribution in [0.25, 0.3) is 16.6 Å². The van der Waals surface area contributed by atoms with Crippen LogP contribution in [0.1, 0.15) is 18.3 Å². The normalized spacial score (nSPS) is 11.8. The molecule has 0 saturated carbocycles. The first-order valence-corrected chi connectivity index (χ1v) is 8.98. The molecule has 0 aliphatic rings. The van der Waals surface area contributed by atoms with Crippen molar-refractivity contribution in [3.05, 3.63) is 72.3 Å². The summed E-state index contributed by atoms with van der Waals surface area (Å²) in [4.78, 5) is 9.20. The van der Waals surface area contributed by atoms with E-state index in [2.05, 4.69) is 44.0 Å². The number of benzene rings is 1. The number of hydrogen-bond donors (Lipinski definition) is 2. The summed E-state index contributed by atoms with van der Waals surface area (Å²) in [6.45, 7) is 3.90. The van der Waals surface area contributed by atoms with E-state index in [1.165, 1.54) is 0 Å². The van der Waals surface area contributed by atoms with Crippen LogP contribution in [0, 0.1) is 0 Å². The molecule has 0 atom stereocenters. The van der Waals surface area contributed by atoms with Gasteiger partial charge in [-0.25, -0.2) is 4.99 Å². The molecule has 136 valence electrons. The van der Waals surface area contributed by atoms with Crippen LogP contribution in [0.2, 0.25) is 0 Å². The molecular formula is C20H21N7. The van der Waals surface area contributed by atoms with Crippen LogP contribution in [0.3, 0.4) is 0 Å². The fourth-order valence-electron chi connectivity index (χ4n) is 2.98. The molecule has 1 aromatic carbocycles. The molecule has 0 spiro atoms. The number of pyridine rings is 2. The van der Waals surface area contributed by atoms with Gasteiger partial charge in [0.2, 0.25) is 0 Å². The highest BCUT2D eigenvalue weighted by Crippen LogP contribution is 2.16. The molecule has 27 heavy (non-hydrogen) atoms. The summed E-state index contributed by atoms with van der Waals surface area (Å²) in [5.41, 5.74) is 2.92. The topological polar surface area (TPSA) is 79.5 Å². The number of nitrogens with zero attached hydrogens (tertiary/aromatic N) is 5. The summed E-state index contributed by atoms with van der Waals surface area (Å²) in [5, 5.41) is 16.1. The zero-order valence-electron chi connectivity index (χ0n) is 15.1. The Morgan fingerprint density at radius 3 is 2.89 bits per heavy atom. The largest absolute Gasteiger partial charge is 0.357 e. The summed E-state index contributed by atoms with van der Waals surface area (Å²) >= 11 is 0. The van der Waals surface area contributed by atoms with E-state index in [4.69, 9.17) is 4.99 Å². The third kappa shape index (κ3) is 3.72. The first-order valence-electron chi connectivity index (χ1n) is 8.98. The minimum atomic E-state index is 0.533. The Hall–Kier alpha value is -3.48. The van der Waals surface area contributed by atoms with Crippen LogP contribution in [-0.2, 0) is 13.1 Å². The Morgan fingerprint density at radius 2 is 1.96 bits per heavy atom. The Kier molecular flexibility index (Phi) is 4.91. The van der Waals surface area contributed by atoms with Gasteiger partial charge in [-0.15, -0.1) is 10.2 Å². The van der Waals surface area contributed by atoms with E-state index in [0.717, 1.165) is 40.4 Å². The summed E-state index contributed by atoms with van der Waals surface area (Å²) in [7, 11) is 0. The predicted octanol–water partition coefficient (Wildman–Crippen LogP) is 2.53. The molecule has 0 saturated heterocycles. The molecule has 2 N–H and O–H groups in total. The SMILES string of the molecule is CCNC(=NCc1cccc2cccnc12)NCc1nnc2ccccn12. The van der Waals surface area contributed by atoms with Gasteiger partial charge in [0.25, 0.3) is 0 Å². The Balaban J connectivity index is 1.51. The summed E-state index contributed by atoms with van der Waals surface area (Å²) < 4.78 is 1.96. The maximum absolute atomic E-state index is 4.71. The molecule has 0 unspecified atom stereocenters. The quantitative estimate of drug-likeness (QED) is 0.423. The highest BCUT2D eigenvalue weighted by atomic mass is 15.3. The van der Waals surface area contributed by atoms with Crippen molar-refractivity contribution in [2.24, 2.45) is 4.99 Å². The molecule has 4 aromatic rings. The number of aliphatic imine (C=N–C) groups is 1. The molecule has 3 aromatic heterocycles. The fourth-order valence-corrected chi connectivity index (χ4v) is 2.98. The molecular weight excluding hydrogens is 338 g/mol. The Morgan fingerprint density at radius 1 is 1.04 bits per heavy atom. The molecule has 0 aliphatic heterocycles. The third-order valence-corrected chi connectivity index (χ3v) is 4.27. The van der Waals surface area contributed by atoms with Crippen LogP contribution in [-0.4, -0.2) is 32.1 Å². The zero-order valence-corrected chi connectivity index (χ0v) is 15.1. The molecule has 4 rings (SSSR count). The average molecular weight is 359 g/mol. The van der Waals surface area contributed by atoms with Gasteiger partial charge in [-0.1, -0.05) is 30.3 Å². The maximum Gasteiger partial charge on any atom is 0.191 e. The van der Waals surface area contributed by atoms with Crippen molar-refractivity contribution in [2.75, 3.05) is 6.54 Å². The first-order chi connectivity index (χ1) is 13.3. The van der Waals surface area contributed by atoms with Crippen molar-refractivity contribution < 1.29 is 0 Å². The van der Waals surface area contributed by atoms with Crippen molar-refractivity contribution >= 4 is 22.5 Å². The van der Waals surface area contributed by atoms with Crippen molar-refractivity contribution in [1.82, 2.24) is 30.2 Å². The summed E-state index contributed by atoms with van der Waals surface area (Å²) in [5.74, 6) is 1.57. The molecule has 7 nitrogen and oxygen atoms in total. The summed E-state index contributed by atoms with van der Waals surface area (Å²) in [6, 6.07) is 16.0. The second kappa shape index (κ2) is 7.82. The highest BCUT2D eigenvalue weighted by Gasteiger charge is 2.06. The maximum atomic E-state index is 4.71. The number of fused-ring (bicyclic) bond motifs is 2. The van der Waals surface area contributed by atoms with Gasteiger partial charge in [-0.05, 0) is 30.7 Å². The van der Waals surface area contributed by atoms with Crippen molar-refractivity contribution in [2.45, 2.75) is 20.0 Å². The van der Waals surface area contributed by atoms with E-state index in [1.807, 2.05) is 54.0 Å². The number of nitrogens with one attached hydrogen (secondary N) is 2. The molecule has 0 radical (unpaired) electrons.